The van der Waals surface area contributed by atoms with E-state index in [1.165, 1.54) is 0 Å². The van der Waals surface area contributed by atoms with Gasteiger partial charge in [0.05, 0.1) is 27.4 Å². The molecule has 0 saturated carbocycles. The SMILES string of the molecule is COc1cc(CN(CC2CCCO2)C(=O)c2cc(-c3ccccc3)on2)cc(OC)c1OC. The molecule has 4 rings (SSSR count). The fourth-order valence-electron chi connectivity index (χ4n) is 3.98. The molecule has 2 heterocycles. The molecular formula is C25H28N2O6. The number of hydrogen-bond donors (Lipinski definition) is 0. The highest BCUT2D eigenvalue weighted by Gasteiger charge is 2.27. The standard InChI is InChI=1S/C25H28N2O6/c1-29-22-12-17(13-23(30-2)24(22)31-3)15-27(16-19-10-7-11-32-19)25(28)20-14-21(33-26-20)18-8-5-4-6-9-18/h4-6,8-9,12-14,19H,7,10-11,15-16H2,1-3H3. The van der Waals surface area contributed by atoms with Crippen LogP contribution in [-0.2, 0) is 11.3 Å². The van der Waals surface area contributed by atoms with Crippen LogP contribution in [0.5, 0.6) is 17.2 Å². The summed E-state index contributed by atoms with van der Waals surface area (Å²) >= 11 is 0. The minimum absolute atomic E-state index is 0.0171. The number of amides is 1. The molecule has 1 aliphatic heterocycles. The van der Waals surface area contributed by atoms with Gasteiger partial charge in [-0.15, -0.1) is 0 Å². The molecule has 1 amide bonds. The molecule has 1 aliphatic rings. The van der Waals surface area contributed by atoms with Crippen molar-refractivity contribution < 1.29 is 28.3 Å². The average Bonchev–Trinajstić information content (AvgIpc) is 3.55. The van der Waals surface area contributed by atoms with Crippen molar-refractivity contribution >= 4 is 5.91 Å². The van der Waals surface area contributed by atoms with Gasteiger partial charge in [0.1, 0.15) is 0 Å². The predicted molar refractivity (Wildman–Crippen MR) is 122 cm³/mol. The highest BCUT2D eigenvalue weighted by atomic mass is 16.5. The number of carbonyl (C=O) groups is 1. The minimum Gasteiger partial charge on any atom is -0.493 e. The van der Waals surface area contributed by atoms with E-state index in [0.717, 1.165) is 24.0 Å². The van der Waals surface area contributed by atoms with Gasteiger partial charge in [-0.05, 0) is 30.5 Å². The summed E-state index contributed by atoms with van der Waals surface area (Å²) < 4.78 is 27.6. The first-order valence-corrected chi connectivity index (χ1v) is 10.8. The number of nitrogens with zero attached hydrogens (tertiary/aromatic N) is 2. The zero-order chi connectivity index (χ0) is 23.2. The third kappa shape index (κ3) is 5.12. The topological polar surface area (TPSA) is 83.3 Å². The van der Waals surface area contributed by atoms with Gasteiger partial charge in [0.2, 0.25) is 5.75 Å². The van der Waals surface area contributed by atoms with Crippen LogP contribution in [0.3, 0.4) is 0 Å². The molecule has 33 heavy (non-hydrogen) atoms. The second-order valence-corrected chi connectivity index (χ2v) is 7.80. The Kier molecular flexibility index (Phi) is 7.14. The molecule has 174 valence electrons. The predicted octanol–water partition coefficient (Wildman–Crippen LogP) is 4.19. The highest BCUT2D eigenvalue weighted by molar-refractivity contribution is 5.93. The molecule has 1 fully saturated rings. The number of rotatable bonds is 9. The van der Waals surface area contributed by atoms with Crippen LogP contribution >= 0.6 is 0 Å². The molecule has 0 bridgehead atoms. The summed E-state index contributed by atoms with van der Waals surface area (Å²) in [4.78, 5) is 15.2. The van der Waals surface area contributed by atoms with Crippen molar-refractivity contribution in [3.8, 4) is 28.6 Å². The number of benzene rings is 2. The van der Waals surface area contributed by atoms with Crippen LogP contribution in [-0.4, -0.2) is 56.5 Å². The molecule has 1 saturated heterocycles. The Morgan fingerprint density at radius 2 is 1.79 bits per heavy atom. The van der Waals surface area contributed by atoms with E-state index in [-0.39, 0.29) is 17.7 Å². The van der Waals surface area contributed by atoms with Gasteiger partial charge in [0.15, 0.2) is 23.0 Å². The van der Waals surface area contributed by atoms with Crippen molar-refractivity contribution in [2.75, 3.05) is 34.5 Å². The Labute approximate surface area is 193 Å². The van der Waals surface area contributed by atoms with E-state index in [1.54, 1.807) is 32.3 Å². The second kappa shape index (κ2) is 10.4. The summed E-state index contributed by atoms with van der Waals surface area (Å²) in [5, 5.41) is 4.05. The number of ether oxygens (including phenoxy) is 4. The molecule has 1 aromatic heterocycles. The van der Waals surface area contributed by atoms with Gasteiger partial charge in [-0.25, -0.2) is 0 Å². The maximum absolute atomic E-state index is 13.5. The van der Waals surface area contributed by atoms with E-state index in [0.29, 0.717) is 42.7 Å². The fraction of sp³-hybridized carbons (Fsp3) is 0.360. The molecule has 0 radical (unpaired) electrons. The van der Waals surface area contributed by atoms with Gasteiger partial charge in [0, 0.05) is 31.3 Å². The summed E-state index contributed by atoms with van der Waals surface area (Å²) in [5.41, 5.74) is 1.95. The summed E-state index contributed by atoms with van der Waals surface area (Å²) in [6, 6.07) is 14.9. The normalized spacial score (nSPS) is 15.3. The van der Waals surface area contributed by atoms with Crippen molar-refractivity contribution in [3.05, 3.63) is 59.8 Å². The molecule has 1 unspecified atom stereocenters. The van der Waals surface area contributed by atoms with E-state index in [2.05, 4.69) is 5.16 Å². The van der Waals surface area contributed by atoms with Crippen LogP contribution in [0.4, 0.5) is 0 Å². The molecule has 0 N–H and O–H groups in total. The summed E-state index contributed by atoms with van der Waals surface area (Å²) in [7, 11) is 4.69. The summed E-state index contributed by atoms with van der Waals surface area (Å²) in [5.74, 6) is 1.88. The van der Waals surface area contributed by atoms with E-state index < -0.39 is 0 Å². The first kappa shape index (κ1) is 22.7. The quantitative estimate of drug-likeness (QED) is 0.481. The molecule has 1 atom stereocenters. The Hall–Kier alpha value is -3.52. The molecule has 8 heteroatoms. The van der Waals surface area contributed by atoms with Gasteiger partial charge >= 0.3 is 0 Å². The Balaban J connectivity index is 1.62. The molecule has 0 spiro atoms. The summed E-state index contributed by atoms with van der Waals surface area (Å²) in [6.07, 6.45) is 1.88. The van der Waals surface area contributed by atoms with E-state index >= 15 is 0 Å². The maximum atomic E-state index is 13.5. The van der Waals surface area contributed by atoms with Crippen molar-refractivity contribution in [2.45, 2.75) is 25.5 Å². The fourth-order valence-corrected chi connectivity index (χ4v) is 3.98. The highest BCUT2D eigenvalue weighted by Crippen LogP contribution is 2.38. The second-order valence-electron chi connectivity index (χ2n) is 7.80. The zero-order valence-corrected chi connectivity index (χ0v) is 19.1. The van der Waals surface area contributed by atoms with Crippen LogP contribution in [0.1, 0.15) is 28.9 Å². The number of aromatic nitrogens is 1. The lowest BCUT2D eigenvalue weighted by atomic mass is 10.1. The van der Waals surface area contributed by atoms with Crippen LogP contribution in [0.15, 0.2) is 53.1 Å². The van der Waals surface area contributed by atoms with Gasteiger partial charge in [-0.1, -0.05) is 35.5 Å². The average molecular weight is 453 g/mol. The monoisotopic (exact) mass is 452 g/mol. The Morgan fingerprint density at radius 1 is 1.06 bits per heavy atom. The maximum Gasteiger partial charge on any atom is 0.276 e. The van der Waals surface area contributed by atoms with E-state index in [9.17, 15) is 4.79 Å². The van der Waals surface area contributed by atoms with Gasteiger partial charge < -0.3 is 28.4 Å². The molecule has 0 aliphatic carbocycles. The number of hydrogen-bond acceptors (Lipinski definition) is 7. The minimum atomic E-state index is -0.231. The zero-order valence-electron chi connectivity index (χ0n) is 19.1. The molecular weight excluding hydrogens is 424 g/mol. The van der Waals surface area contributed by atoms with E-state index in [1.807, 2.05) is 42.5 Å². The van der Waals surface area contributed by atoms with Gasteiger partial charge in [-0.2, -0.15) is 0 Å². The Morgan fingerprint density at radius 3 is 2.39 bits per heavy atom. The lowest BCUT2D eigenvalue weighted by Crippen LogP contribution is -2.37. The Bertz CT molecular complexity index is 1050. The van der Waals surface area contributed by atoms with Gasteiger partial charge in [0.25, 0.3) is 5.91 Å². The lowest BCUT2D eigenvalue weighted by molar-refractivity contribution is 0.0499. The number of methoxy groups -OCH3 is 3. The van der Waals surface area contributed by atoms with Crippen molar-refractivity contribution in [3.63, 3.8) is 0 Å². The van der Waals surface area contributed by atoms with Crippen molar-refractivity contribution in [1.82, 2.24) is 10.1 Å². The first-order valence-electron chi connectivity index (χ1n) is 10.8. The lowest BCUT2D eigenvalue weighted by Gasteiger charge is -2.25. The summed E-state index contributed by atoms with van der Waals surface area (Å²) in [6.45, 7) is 1.48. The van der Waals surface area contributed by atoms with Crippen LogP contribution < -0.4 is 14.2 Å². The molecule has 2 aromatic carbocycles. The molecule has 3 aromatic rings. The molecule has 8 nitrogen and oxygen atoms in total. The number of carbonyl (C=O) groups excluding carboxylic acids is 1. The van der Waals surface area contributed by atoms with E-state index in [4.69, 9.17) is 23.5 Å². The third-order valence-electron chi connectivity index (χ3n) is 5.62. The van der Waals surface area contributed by atoms with Crippen LogP contribution in [0.25, 0.3) is 11.3 Å². The third-order valence-corrected chi connectivity index (χ3v) is 5.62. The van der Waals surface area contributed by atoms with Crippen molar-refractivity contribution in [1.29, 1.82) is 0 Å². The van der Waals surface area contributed by atoms with Crippen LogP contribution in [0.2, 0.25) is 0 Å². The smallest absolute Gasteiger partial charge is 0.276 e. The first-order chi connectivity index (χ1) is 16.1. The van der Waals surface area contributed by atoms with Crippen LogP contribution in [0, 0.1) is 0 Å². The largest absolute Gasteiger partial charge is 0.493 e. The van der Waals surface area contributed by atoms with Crippen molar-refractivity contribution in [2.24, 2.45) is 0 Å². The van der Waals surface area contributed by atoms with Gasteiger partial charge in [-0.3, -0.25) is 4.79 Å².